The molecule has 0 aliphatic heterocycles. The van der Waals surface area contributed by atoms with Crippen molar-refractivity contribution in [2.45, 2.75) is 13.7 Å². The van der Waals surface area contributed by atoms with Gasteiger partial charge in [0.15, 0.2) is 12.4 Å². The Hall–Kier alpha value is -2.86. The molecule has 0 saturated heterocycles. The van der Waals surface area contributed by atoms with Crippen LogP contribution >= 0.6 is 11.6 Å². The maximum atomic E-state index is 13.3. The molecule has 7 heteroatoms. The van der Waals surface area contributed by atoms with Crippen LogP contribution in [0.2, 0.25) is 5.02 Å². The molecule has 0 radical (unpaired) electrons. The Morgan fingerprint density at radius 3 is 2.88 bits per heavy atom. The zero-order valence-corrected chi connectivity index (χ0v) is 14.1. The zero-order valence-electron chi connectivity index (χ0n) is 13.4. The molecule has 0 spiro atoms. The first-order valence-electron chi connectivity index (χ1n) is 7.51. The molecule has 0 unspecified atom stereocenters. The summed E-state index contributed by atoms with van der Waals surface area (Å²) in [6.07, 6.45) is 1.62. The highest BCUT2D eigenvalue weighted by atomic mass is 35.5. The largest absolute Gasteiger partial charge is 0.470 e. The summed E-state index contributed by atoms with van der Waals surface area (Å²) in [5.74, 6) is -0.314. The van der Waals surface area contributed by atoms with E-state index < -0.39 is 11.7 Å². The second-order valence-corrected chi connectivity index (χ2v) is 5.76. The van der Waals surface area contributed by atoms with Crippen LogP contribution in [0.25, 0.3) is 0 Å². The first-order chi connectivity index (χ1) is 12.0. The van der Waals surface area contributed by atoms with E-state index in [1.54, 1.807) is 43.5 Å². The Bertz CT molecular complexity index is 911. The van der Waals surface area contributed by atoms with Crippen molar-refractivity contribution in [3.63, 3.8) is 0 Å². The van der Waals surface area contributed by atoms with Crippen LogP contribution in [-0.2, 0) is 6.73 Å². The van der Waals surface area contributed by atoms with Crippen LogP contribution in [0.3, 0.4) is 0 Å². The summed E-state index contributed by atoms with van der Waals surface area (Å²) in [6, 6.07) is 12.8. The van der Waals surface area contributed by atoms with Crippen molar-refractivity contribution in [2.24, 2.45) is 0 Å². The molecule has 0 saturated carbocycles. The summed E-state index contributed by atoms with van der Waals surface area (Å²) in [5.41, 5.74) is 1.37. The summed E-state index contributed by atoms with van der Waals surface area (Å²) in [4.78, 5) is 12.2. The number of aromatic nitrogens is 2. The number of carbonyl (C=O) groups excluding carboxylic acids is 1. The fourth-order valence-electron chi connectivity index (χ4n) is 2.17. The maximum Gasteiger partial charge on any atom is 0.276 e. The van der Waals surface area contributed by atoms with E-state index in [2.05, 4.69) is 10.4 Å². The van der Waals surface area contributed by atoms with Crippen molar-refractivity contribution in [3.8, 4) is 5.75 Å². The Morgan fingerprint density at radius 1 is 1.28 bits per heavy atom. The number of aryl methyl sites for hydroxylation is 1. The van der Waals surface area contributed by atoms with Crippen molar-refractivity contribution < 1.29 is 13.9 Å². The molecule has 1 heterocycles. The van der Waals surface area contributed by atoms with Gasteiger partial charge in [-0.15, -0.1) is 0 Å². The van der Waals surface area contributed by atoms with E-state index in [9.17, 15) is 9.18 Å². The van der Waals surface area contributed by atoms with Gasteiger partial charge in [-0.1, -0.05) is 29.8 Å². The predicted molar refractivity (Wildman–Crippen MR) is 93.4 cm³/mol. The smallest absolute Gasteiger partial charge is 0.276 e. The number of carbonyl (C=O) groups is 1. The highest BCUT2D eigenvalue weighted by Crippen LogP contribution is 2.23. The molecule has 0 aliphatic rings. The number of hydrogen-bond acceptors (Lipinski definition) is 3. The van der Waals surface area contributed by atoms with Crippen molar-refractivity contribution in [3.05, 3.63) is 76.8 Å². The Balaban J connectivity index is 1.65. The maximum absolute atomic E-state index is 13.3. The lowest BCUT2D eigenvalue weighted by Crippen LogP contribution is -2.15. The third-order valence-electron chi connectivity index (χ3n) is 3.51. The number of ether oxygens (including phenoxy) is 1. The summed E-state index contributed by atoms with van der Waals surface area (Å²) >= 11 is 6.01. The van der Waals surface area contributed by atoms with Crippen LogP contribution < -0.4 is 10.1 Å². The van der Waals surface area contributed by atoms with Gasteiger partial charge < -0.3 is 10.1 Å². The number of nitrogens with one attached hydrogen (secondary N) is 1. The van der Waals surface area contributed by atoms with Crippen molar-refractivity contribution in [2.75, 3.05) is 5.32 Å². The van der Waals surface area contributed by atoms with Gasteiger partial charge in [0, 0.05) is 11.9 Å². The standard InChI is InChI=1S/C18H15ClFN3O2/c1-12-6-7-13(20)10-16(12)21-18(24)15-8-9-23(22-15)11-25-17-5-3-2-4-14(17)19/h2-10H,11H2,1H3,(H,21,24). The normalized spacial score (nSPS) is 10.5. The first-order valence-corrected chi connectivity index (χ1v) is 7.89. The van der Waals surface area contributed by atoms with Crippen molar-refractivity contribution in [1.82, 2.24) is 9.78 Å². The van der Waals surface area contributed by atoms with Gasteiger partial charge in [0.25, 0.3) is 5.91 Å². The molecular weight excluding hydrogens is 345 g/mol. The Morgan fingerprint density at radius 2 is 2.08 bits per heavy atom. The number of benzene rings is 2. The van der Waals surface area contributed by atoms with Gasteiger partial charge in [-0.2, -0.15) is 5.10 Å². The van der Waals surface area contributed by atoms with E-state index >= 15 is 0 Å². The predicted octanol–water partition coefficient (Wildman–Crippen LogP) is 4.27. The molecule has 1 aromatic heterocycles. The average molecular weight is 360 g/mol. The van der Waals surface area contributed by atoms with E-state index in [0.717, 1.165) is 5.56 Å². The van der Waals surface area contributed by atoms with E-state index in [4.69, 9.17) is 16.3 Å². The number of rotatable bonds is 5. The molecule has 0 atom stereocenters. The third-order valence-corrected chi connectivity index (χ3v) is 3.82. The molecule has 1 N–H and O–H groups in total. The molecular formula is C18H15ClFN3O2. The highest BCUT2D eigenvalue weighted by Gasteiger charge is 2.12. The lowest BCUT2D eigenvalue weighted by atomic mass is 10.2. The van der Waals surface area contributed by atoms with Gasteiger partial charge in [-0.3, -0.25) is 4.79 Å². The molecule has 3 rings (SSSR count). The fourth-order valence-corrected chi connectivity index (χ4v) is 2.36. The van der Waals surface area contributed by atoms with Crippen LogP contribution in [0.4, 0.5) is 10.1 Å². The van der Waals surface area contributed by atoms with Gasteiger partial charge in [0.1, 0.15) is 11.6 Å². The quantitative estimate of drug-likeness (QED) is 0.740. The highest BCUT2D eigenvalue weighted by molar-refractivity contribution is 6.32. The minimum atomic E-state index is -0.426. The summed E-state index contributed by atoms with van der Waals surface area (Å²) < 4.78 is 20.3. The molecule has 5 nitrogen and oxygen atoms in total. The lowest BCUT2D eigenvalue weighted by molar-refractivity contribution is 0.102. The number of hydrogen-bond donors (Lipinski definition) is 1. The van der Waals surface area contributed by atoms with Gasteiger partial charge in [0.05, 0.1) is 5.02 Å². The van der Waals surface area contributed by atoms with Gasteiger partial charge in [-0.25, -0.2) is 9.07 Å². The molecule has 0 aliphatic carbocycles. The zero-order chi connectivity index (χ0) is 17.8. The Kier molecular flexibility index (Phi) is 5.00. The second kappa shape index (κ2) is 7.36. The molecule has 0 fully saturated rings. The van der Waals surface area contributed by atoms with Crippen LogP contribution in [0.15, 0.2) is 54.7 Å². The van der Waals surface area contributed by atoms with Crippen molar-refractivity contribution in [1.29, 1.82) is 0 Å². The monoisotopic (exact) mass is 359 g/mol. The van der Waals surface area contributed by atoms with Gasteiger partial charge in [-0.05, 0) is 42.8 Å². The molecule has 3 aromatic rings. The fraction of sp³-hybridized carbons (Fsp3) is 0.111. The van der Waals surface area contributed by atoms with Gasteiger partial charge >= 0.3 is 0 Å². The molecule has 2 aromatic carbocycles. The number of amides is 1. The minimum absolute atomic E-state index is 0.107. The molecule has 128 valence electrons. The minimum Gasteiger partial charge on any atom is -0.470 e. The number of nitrogens with zero attached hydrogens (tertiary/aromatic N) is 2. The van der Waals surface area contributed by atoms with Crippen LogP contribution in [-0.4, -0.2) is 15.7 Å². The molecule has 0 bridgehead atoms. The number of para-hydroxylation sites is 1. The second-order valence-electron chi connectivity index (χ2n) is 5.36. The lowest BCUT2D eigenvalue weighted by Gasteiger charge is -2.08. The summed E-state index contributed by atoms with van der Waals surface area (Å²) in [6.45, 7) is 1.89. The molecule has 1 amide bonds. The first kappa shape index (κ1) is 17.0. The molecule has 25 heavy (non-hydrogen) atoms. The summed E-state index contributed by atoms with van der Waals surface area (Å²) in [7, 11) is 0. The average Bonchev–Trinajstić information content (AvgIpc) is 3.06. The SMILES string of the molecule is Cc1ccc(F)cc1NC(=O)c1ccn(COc2ccccc2Cl)n1. The topological polar surface area (TPSA) is 56.2 Å². The summed E-state index contributed by atoms with van der Waals surface area (Å²) in [5, 5.41) is 7.29. The number of halogens is 2. The van der Waals surface area contributed by atoms with Crippen LogP contribution in [0.5, 0.6) is 5.75 Å². The van der Waals surface area contributed by atoms with Crippen LogP contribution in [0, 0.1) is 12.7 Å². The van der Waals surface area contributed by atoms with Gasteiger partial charge in [0.2, 0.25) is 0 Å². The van der Waals surface area contributed by atoms with Crippen molar-refractivity contribution >= 4 is 23.2 Å². The third kappa shape index (κ3) is 4.16. The van der Waals surface area contributed by atoms with E-state index in [0.29, 0.717) is 16.5 Å². The van der Waals surface area contributed by atoms with E-state index in [1.165, 1.54) is 16.8 Å². The van der Waals surface area contributed by atoms with E-state index in [1.807, 2.05) is 6.07 Å². The Labute approximate surface area is 149 Å². The van der Waals surface area contributed by atoms with Crippen LogP contribution in [0.1, 0.15) is 16.1 Å². The van der Waals surface area contributed by atoms with E-state index in [-0.39, 0.29) is 12.4 Å². The number of anilines is 1.